The first kappa shape index (κ1) is 11.6. The third kappa shape index (κ3) is 2.44. The minimum atomic E-state index is -0.162. The zero-order chi connectivity index (χ0) is 12.4. The van der Waals surface area contributed by atoms with Gasteiger partial charge in [-0.2, -0.15) is 5.10 Å². The Morgan fingerprint density at radius 2 is 2.41 bits per heavy atom. The molecule has 0 saturated carbocycles. The summed E-state index contributed by atoms with van der Waals surface area (Å²) >= 11 is 1.19. The van der Waals surface area contributed by atoms with Crippen LogP contribution in [-0.4, -0.2) is 21.1 Å². The van der Waals surface area contributed by atoms with Crippen molar-refractivity contribution in [1.29, 1.82) is 0 Å². The van der Waals surface area contributed by atoms with Crippen LogP contribution < -0.4 is 11.1 Å². The van der Waals surface area contributed by atoms with Crippen molar-refractivity contribution < 1.29 is 4.79 Å². The number of anilines is 1. The Labute approximate surface area is 102 Å². The molecule has 0 saturated heterocycles. The van der Waals surface area contributed by atoms with E-state index in [2.05, 4.69) is 20.5 Å². The number of nitrogens with two attached hydrogens (primary N) is 1. The van der Waals surface area contributed by atoms with Gasteiger partial charge in [0, 0.05) is 11.8 Å². The van der Waals surface area contributed by atoms with Gasteiger partial charge >= 0.3 is 0 Å². The van der Waals surface area contributed by atoms with E-state index >= 15 is 0 Å². The molecular weight excluding hydrogens is 238 g/mol. The van der Waals surface area contributed by atoms with Gasteiger partial charge in [0.1, 0.15) is 4.88 Å². The maximum atomic E-state index is 12.0. The van der Waals surface area contributed by atoms with Crippen LogP contribution in [0.4, 0.5) is 5.13 Å². The van der Waals surface area contributed by atoms with Crippen LogP contribution in [-0.2, 0) is 0 Å². The lowest BCUT2D eigenvalue weighted by Crippen LogP contribution is -2.26. The smallest absolute Gasteiger partial charge is 0.263 e. The summed E-state index contributed by atoms with van der Waals surface area (Å²) < 4.78 is 0. The van der Waals surface area contributed by atoms with Crippen LogP contribution in [0.15, 0.2) is 12.4 Å². The van der Waals surface area contributed by atoms with Gasteiger partial charge in [-0.05, 0) is 13.8 Å². The Morgan fingerprint density at radius 1 is 1.65 bits per heavy atom. The second-order valence-electron chi connectivity index (χ2n) is 3.69. The number of thiazole rings is 1. The number of nitrogens with one attached hydrogen (secondary N) is 2. The molecule has 2 aromatic rings. The first-order chi connectivity index (χ1) is 8.08. The van der Waals surface area contributed by atoms with Crippen LogP contribution >= 0.6 is 11.3 Å². The third-order valence-corrected chi connectivity index (χ3v) is 3.37. The molecule has 2 rings (SSSR count). The number of carbonyl (C=O) groups excluding carboxylic acids is 1. The van der Waals surface area contributed by atoms with Crippen LogP contribution in [0.25, 0.3) is 0 Å². The molecule has 0 fully saturated rings. The zero-order valence-electron chi connectivity index (χ0n) is 9.52. The highest BCUT2D eigenvalue weighted by Crippen LogP contribution is 2.20. The van der Waals surface area contributed by atoms with Crippen molar-refractivity contribution in [2.75, 3.05) is 5.73 Å². The van der Waals surface area contributed by atoms with Gasteiger partial charge in [-0.3, -0.25) is 9.89 Å². The van der Waals surface area contributed by atoms with Crippen molar-refractivity contribution in [2.45, 2.75) is 19.9 Å². The second kappa shape index (κ2) is 4.54. The lowest BCUT2D eigenvalue weighted by Gasteiger charge is -2.10. The van der Waals surface area contributed by atoms with Gasteiger partial charge < -0.3 is 11.1 Å². The Kier molecular flexibility index (Phi) is 3.10. The van der Waals surface area contributed by atoms with Gasteiger partial charge in [-0.15, -0.1) is 0 Å². The normalized spacial score (nSPS) is 12.4. The molecule has 17 heavy (non-hydrogen) atoms. The number of rotatable bonds is 3. The SMILES string of the molecule is Cc1nc(N)sc1C(=O)NC(C)c1cn[nH]c1. The van der Waals surface area contributed by atoms with Crippen molar-refractivity contribution in [3.05, 3.63) is 28.5 Å². The van der Waals surface area contributed by atoms with E-state index < -0.39 is 0 Å². The minimum Gasteiger partial charge on any atom is -0.375 e. The first-order valence-electron chi connectivity index (χ1n) is 5.10. The quantitative estimate of drug-likeness (QED) is 0.764. The summed E-state index contributed by atoms with van der Waals surface area (Å²) in [4.78, 5) is 16.5. The molecule has 0 bridgehead atoms. The molecule has 0 aromatic carbocycles. The van der Waals surface area contributed by atoms with E-state index in [1.54, 1.807) is 19.3 Å². The molecule has 90 valence electrons. The lowest BCUT2D eigenvalue weighted by molar-refractivity contribution is 0.0943. The van der Waals surface area contributed by atoms with Crippen molar-refractivity contribution >= 4 is 22.4 Å². The summed E-state index contributed by atoms with van der Waals surface area (Å²) in [5.41, 5.74) is 7.14. The second-order valence-corrected chi connectivity index (χ2v) is 4.72. The monoisotopic (exact) mass is 251 g/mol. The third-order valence-electron chi connectivity index (χ3n) is 2.39. The van der Waals surface area contributed by atoms with Crippen LogP contribution in [0.1, 0.15) is 33.9 Å². The molecule has 1 amide bonds. The van der Waals surface area contributed by atoms with Crippen LogP contribution in [0.5, 0.6) is 0 Å². The van der Waals surface area contributed by atoms with Gasteiger partial charge in [0.25, 0.3) is 5.91 Å². The summed E-state index contributed by atoms with van der Waals surface area (Å²) in [6, 6.07) is -0.107. The molecule has 2 aromatic heterocycles. The predicted molar refractivity (Wildman–Crippen MR) is 65.7 cm³/mol. The van der Waals surface area contributed by atoms with E-state index in [1.165, 1.54) is 11.3 Å². The number of aryl methyl sites for hydroxylation is 1. The Balaban J connectivity index is 2.09. The van der Waals surface area contributed by atoms with Crippen LogP contribution in [0, 0.1) is 6.92 Å². The molecule has 0 aliphatic rings. The lowest BCUT2D eigenvalue weighted by atomic mass is 10.2. The summed E-state index contributed by atoms with van der Waals surface area (Å²) in [5.74, 6) is -0.162. The van der Waals surface area contributed by atoms with E-state index in [0.29, 0.717) is 15.7 Å². The predicted octanol–water partition coefficient (Wildman–Crippen LogP) is 1.25. The molecule has 7 heteroatoms. The van der Waals surface area contributed by atoms with E-state index in [4.69, 9.17) is 5.73 Å². The minimum absolute atomic E-state index is 0.107. The average molecular weight is 251 g/mol. The molecule has 4 N–H and O–H groups in total. The summed E-state index contributed by atoms with van der Waals surface area (Å²) in [6.45, 7) is 3.66. The molecule has 1 unspecified atom stereocenters. The van der Waals surface area contributed by atoms with Crippen molar-refractivity contribution in [3.63, 3.8) is 0 Å². The Bertz CT molecular complexity index is 519. The molecule has 1 atom stereocenters. The van der Waals surface area contributed by atoms with E-state index in [-0.39, 0.29) is 11.9 Å². The number of H-pyrrole nitrogens is 1. The number of aromatic amines is 1. The average Bonchev–Trinajstić information content (AvgIpc) is 2.87. The van der Waals surface area contributed by atoms with Crippen molar-refractivity contribution in [2.24, 2.45) is 0 Å². The molecule has 0 radical (unpaired) electrons. The Hall–Kier alpha value is -1.89. The topological polar surface area (TPSA) is 96.7 Å². The largest absolute Gasteiger partial charge is 0.375 e. The fraction of sp³-hybridized carbons (Fsp3) is 0.300. The van der Waals surface area contributed by atoms with Gasteiger partial charge in [0.2, 0.25) is 0 Å². The number of nitrogen functional groups attached to an aromatic ring is 1. The summed E-state index contributed by atoms with van der Waals surface area (Å²) in [6.07, 6.45) is 3.43. The van der Waals surface area contributed by atoms with E-state index in [0.717, 1.165) is 5.56 Å². The number of carbonyl (C=O) groups is 1. The molecule has 0 spiro atoms. The first-order valence-corrected chi connectivity index (χ1v) is 5.92. The molecular formula is C10H13N5OS. The fourth-order valence-corrected chi connectivity index (χ4v) is 2.21. The number of aromatic nitrogens is 3. The number of amides is 1. The summed E-state index contributed by atoms with van der Waals surface area (Å²) in [5, 5.41) is 9.82. The van der Waals surface area contributed by atoms with E-state index in [9.17, 15) is 4.79 Å². The standard InChI is InChI=1S/C10H13N5OS/c1-5(7-3-12-13-4-7)14-9(16)8-6(2)15-10(11)17-8/h3-5H,1-2H3,(H2,11,15)(H,12,13)(H,14,16). The highest BCUT2D eigenvalue weighted by atomic mass is 32.1. The van der Waals surface area contributed by atoms with Gasteiger partial charge in [0.15, 0.2) is 5.13 Å². The van der Waals surface area contributed by atoms with Gasteiger partial charge in [-0.25, -0.2) is 4.98 Å². The fourth-order valence-electron chi connectivity index (χ4n) is 1.47. The van der Waals surface area contributed by atoms with Gasteiger partial charge in [0.05, 0.1) is 17.9 Å². The Morgan fingerprint density at radius 3 is 2.94 bits per heavy atom. The number of hydrogen-bond acceptors (Lipinski definition) is 5. The molecule has 6 nitrogen and oxygen atoms in total. The summed E-state index contributed by atoms with van der Waals surface area (Å²) in [7, 11) is 0. The molecule has 0 aliphatic heterocycles. The van der Waals surface area contributed by atoms with Crippen LogP contribution in [0.2, 0.25) is 0 Å². The highest BCUT2D eigenvalue weighted by molar-refractivity contribution is 7.17. The molecule has 2 heterocycles. The van der Waals surface area contributed by atoms with Crippen LogP contribution in [0.3, 0.4) is 0 Å². The van der Waals surface area contributed by atoms with Gasteiger partial charge in [-0.1, -0.05) is 11.3 Å². The maximum Gasteiger partial charge on any atom is 0.263 e. The number of nitrogens with zero attached hydrogens (tertiary/aromatic N) is 2. The van der Waals surface area contributed by atoms with E-state index in [1.807, 2.05) is 6.92 Å². The number of hydrogen-bond donors (Lipinski definition) is 3. The zero-order valence-corrected chi connectivity index (χ0v) is 10.3. The maximum absolute atomic E-state index is 12.0. The van der Waals surface area contributed by atoms with Crippen molar-refractivity contribution in [1.82, 2.24) is 20.5 Å². The highest BCUT2D eigenvalue weighted by Gasteiger charge is 2.17. The van der Waals surface area contributed by atoms with Crippen molar-refractivity contribution in [3.8, 4) is 0 Å². The molecule has 0 aliphatic carbocycles.